The first-order valence-corrected chi connectivity index (χ1v) is 23.1. The minimum Gasteiger partial charge on any atom is 2.00 e. The third-order valence-corrected chi connectivity index (χ3v) is 0. The normalized spacial score (nSPS) is 5.37. The zero-order chi connectivity index (χ0) is 28.6. The molecule has 6 radical (unpaired) electrons. The predicted molar refractivity (Wildman–Crippen MR) is 25.5 cm³/mol. The maximum atomic E-state index is 8.60. The van der Waals surface area contributed by atoms with Gasteiger partial charge in [0.2, 0.25) is 0 Å². The fourth-order valence-electron chi connectivity index (χ4n) is 0. The summed E-state index contributed by atoms with van der Waals surface area (Å²) in [6.07, 6.45) is 0. The Kier molecular flexibility index (Phi) is 202. The molecule has 0 N–H and O–H groups in total. The topological polar surface area (TPSA) is 482 Å². The van der Waals surface area contributed by atoms with Gasteiger partial charge in [-0.25, -0.2) is 0 Å². The van der Waals surface area contributed by atoms with Crippen molar-refractivity contribution in [2.24, 2.45) is 0 Å². The van der Waals surface area contributed by atoms with Crippen molar-refractivity contribution in [2.45, 2.75) is 0 Å². The summed E-state index contributed by atoms with van der Waals surface area (Å²) >= 11 is -33.1. The maximum Gasteiger partial charge on any atom is 2.00 e. The largest absolute Gasteiger partial charge is 2.00 e. The summed E-state index contributed by atoms with van der Waals surface area (Å²) in [5, 5.41) is 0. The van der Waals surface area contributed by atoms with Crippen molar-refractivity contribution in [3.05, 3.63) is 0 Å². The minimum absolute atomic E-state index is 0. The molecule has 222 valence electrons. The molecule has 0 saturated heterocycles. The molecule has 0 aliphatic heterocycles. The van der Waals surface area contributed by atoms with Gasteiger partial charge < -0.3 is 0 Å². The molecule has 0 spiro atoms. The van der Waals surface area contributed by atoms with Gasteiger partial charge in [0, 0.05) is 0 Å². The Labute approximate surface area is 356 Å². The van der Waals surface area contributed by atoms with Crippen molar-refractivity contribution >= 4 is 81.9 Å². The van der Waals surface area contributed by atoms with Gasteiger partial charge in [-0.05, 0) is 0 Å². The van der Waals surface area contributed by atoms with Gasteiger partial charge in [0.15, 0.2) is 0 Å². The molecule has 0 fully saturated rings. The molecule has 0 aromatic carbocycles. The van der Waals surface area contributed by atoms with E-state index in [0.717, 1.165) is 0 Å². The van der Waals surface area contributed by atoms with E-state index in [-0.39, 0.29) is 131 Å². The first kappa shape index (κ1) is 90.7. The van der Waals surface area contributed by atoms with Crippen LogP contribution in [0.25, 0.3) is 0 Å². The van der Waals surface area contributed by atoms with Crippen LogP contribution in [0, 0.1) is 0 Å². The number of hydrogen-bond donors (Lipinski definition) is 0. The van der Waals surface area contributed by atoms with Crippen LogP contribution >= 0.6 is 0 Å². The van der Waals surface area contributed by atoms with Crippen molar-refractivity contribution < 1.29 is 282 Å². The van der Waals surface area contributed by atoms with Crippen LogP contribution in [0.2, 0.25) is 0 Å². The molecule has 0 aromatic rings. The Morgan fingerprint density at radius 3 is 0.316 bits per heavy atom. The molecule has 38 heavy (non-hydrogen) atoms. The summed E-state index contributed by atoms with van der Waals surface area (Å²) < 4.78 is 206. The molecule has 0 unspecified atom stereocenters. The van der Waals surface area contributed by atoms with Gasteiger partial charge in [0.1, 0.15) is 0 Å². The van der Waals surface area contributed by atoms with Gasteiger partial charge in [0.25, 0.3) is 0 Å². The molecule has 0 atom stereocenters. The average molecular weight is 1740 g/mol. The van der Waals surface area contributed by atoms with Gasteiger partial charge in [-0.2, -0.15) is 0 Å². The third kappa shape index (κ3) is 1490. The molecule has 0 aliphatic carbocycles. The van der Waals surface area contributed by atoms with E-state index in [1.165, 1.54) is 0 Å². The van der Waals surface area contributed by atoms with Crippen LogP contribution in [0.15, 0.2) is 0 Å². The summed E-state index contributed by atoms with van der Waals surface area (Å²) in [7, 11) is 0. The Morgan fingerprint density at radius 2 is 0.316 bits per heavy atom. The van der Waals surface area contributed by atoms with E-state index >= 15 is 0 Å². The third-order valence-electron chi connectivity index (χ3n) is 0. The number of rotatable bonds is 0. The predicted octanol–water partition coefficient (Wildman–Crippen LogP) is -16.9. The van der Waals surface area contributed by atoms with E-state index in [2.05, 4.69) is 0 Å². The average Bonchev–Trinajstić information content (AvgIpc) is 2.30. The van der Waals surface area contributed by atoms with Gasteiger partial charge >= 0.3 is 364 Å². The molecule has 24 nitrogen and oxygen atoms in total. The smallest absolute Gasteiger partial charge is 2.00 e. The van der Waals surface area contributed by atoms with E-state index in [9.17, 15) is 0 Å². The number of hydrogen-bond acceptors (Lipinski definition) is 24. The fraction of sp³-hybridized carbons (Fsp3) is 0. The molecule has 0 aromatic heterocycles. The Balaban J connectivity index is -0.0000000141. The second-order valence-corrected chi connectivity index (χ2v) is 9.41. The molecule has 0 heterocycles. The van der Waals surface area contributed by atoms with Crippen molar-refractivity contribution in [1.82, 2.24) is 0 Å². The molecule has 0 aliphatic rings. The van der Waals surface area contributed by atoms with Crippen LogP contribution in [0.4, 0.5) is 0 Å². The van der Waals surface area contributed by atoms with E-state index in [1.54, 1.807) is 0 Å². The summed E-state index contributed by atoms with van der Waals surface area (Å²) in [6.45, 7) is 0. The molecule has 0 amide bonds. The zero-order valence-electron chi connectivity index (χ0n) is 16.0. The standard InChI is InChI=1S/4Nb.3Ni.24O.3Pb.4Ti/q;;;;3*+2;;;;;;;;;;;;;12*-1;3*+2;;;;. The van der Waals surface area contributed by atoms with Crippen LogP contribution in [-0.2, 0) is 238 Å². The molecule has 0 rings (SSSR count). The van der Waals surface area contributed by atoms with Crippen LogP contribution in [0.3, 0.4) is 0 Å². The quantitative estimate of drug-likeness (QED) is 0.203. The van der Waals surface area contributed by atoms with Crippen LogP contribution in [-0.4, -0.2) is 81.9 Å². The summed E-state index contributed by atoms with van der Waals surface area (Å²) in [6, 6.07) is 0. The first-order valence-electron chi connectivity index (χ1n) is 4.64. The van der Waals surface area contributed by atoms with Gasteiger partial charge in [-0.15, -0.1) is 0 Å². The summed E-state index contributed by atoms with van der Waals surface area (Å²) in [5.74, 6) is 0. The van der Waals surface area contributed by atoms with E-state index < -0.39 is 150 Å². The molecular formula is Nb4Ni3O24Pb3Ti4. The Hall–Kier alpha value is 7.18. The Bertz CT molecular complexity index is 600. The Morgan fingerprint density at radius 1 is 0.316 bits per heavy atom. The molecular weight excluding hydrogens is 1740 g/mol. The zero-order valence-corrected chi connectivity index (χ0v) is 45.7. The van der Waals surface area contributed by atoms with E-state index in [1.807, 2.05) is 0 Å². The molecule has 0 saturated carbocycles. The first-order chi connectivity index (χ1) is 13.9. The SMILES string of the molecule is [Ni+2].[Ni+2].[Ni+2].[O]=[Nb](=[O])[O-].[O]=[Nb](=[O])[O-].[O]=[Nb](=[O])[O-].[O]=[Nb](=[O])[O-].[O]=[Ti]([O-])[O-].[O]=[Ti]([O-])[O-].[O]=[Ti]([O-])[O-].[O]=[Ti]([O-])[O-].[Pb+2].[Pb+2].[Pb+2]. The molecule has 0 bridgehead atoms. The van der Waals surface area contributed by atoms with Gasteiger partial charge in [0.05, 0.1) is 0 Å². The van der Waals surface area contributed by atoms with Crippen LogP contribution in [0.1, 0.15) is 0 Å². The van der Waals surface area contributed by atoms with E-state index in [0.29, 0.717) is 0 Å². The van der Waals surface area contributed by atoms with E-state index in [4.69, 9.17) is 83.3 Å². The van der Waals surface area contributed by atoms with Crippen LogP contribution < -0.4 is 44.0 Å². The summed E-state index contributed by atoms with van der Waals surface area (Å²) in [4.78, 5) is 0. The van der Waals surface area contributed by atoms with Crippen molar-refractivity contribution in [3.8, 4) is 0 Å². The van der Waals surface area contributed by atoms with Crippen molar-refractivity contribution in [2.75, 3.05) is 0 Å². The van der Waals surface area contributed by atoms with Crippen molar-refractivity contribution in [1.29, 1.82) is 0 Å². The second-order valence-electron chi connectivity index (χ2n) is 1.89. The summed E-state index contributed by atoms with van der Waals surface area (Å²) in [5.41, 5.74) is 0. The van der Waals surface area contributed by atoms with Crippen LogP contribution in [0.5, 0.6) is 0 Å². The second kappa shape index (κ2) is 84.7. The van der Waals surface area contributed by atoms with Gasteiger partial charge in [-0.3, -0.25) is 0 Å². The van der Waals surface area contributed by atoms with Gasteiger partial charge in [-0.1, -0.05) is 0 Å². The molecule has 38 heteroatoms. The van der Waals surface area contributed by atoms with Crippen molar-refractivity contribution in [3.63, 3.8) is 0 Å². The minimum atomic E-state index is -4.20. The monoisotopic (exact) mass is 1750 g/mol. The fourth-order valence-corrected chi connectivity index (χ4v) is 0. The maximum absolute atomic E-state index is 8.60.